The summed E-state index contributed by atoms with van der Waals surface area (Å²) in [7, 11) is 0. The Balaban J connectivity index is 2.45. The van der Waals surface area contributed by atoms with Crippen LogP contribution in [0.3, 0.4) is 0 Å². The highest BCUT2D eigenvalue weighted by molar-refractivity contribution is 7.12. The maximum Gasteiger partial charge on any atom is 0.261 e. The average molecular weight is 181 g/mol. The van der Waals surface area contributed by atoms with Crippen LogP contribution in [0, 0.1) is 0 Å². The molecule has 1 aromatic rings. The summed E-state index contributed by atoms with van der Waals surface area (Å²) in [5.41, 5.74) is 0.958. The van der Waals surface area contributed by atoms with Gasteiger partial charge in [0.2, 0.25) is 0 Å². The van der Waals surface area contributed by atoms with Crippen LogP contribution in [0.4, 0.5) is 0 Å². The highest BCUT2D eigenvalue weighted by atomic mass is 32.1. The molecule has 1 heterocycles. The predicted octanol–water partition coefficient (Wildman–Crippen LogP) is 2.05. The number of carbonyl (C=O) groups excluding carboxylic acids is 1. The van der Waals surface area contributed by atoms with E-state index in [4.69, 9.17) is 0 Å². The molecule has 0 fully saturated rings. The Morgan fingerprint density at radius 1 is 1.75 bits per heavy atom. The van der Waals surface area contributed by atoms with Gasteiger partial charge >= 0.3 is 0 Å². The zero-order valence-electron chi connectivity index (χ0n) is 6.96. The zero-order chi connectivity index (χ0) is 8.97. The Labute approximate surface area is 75.9 Å². The van der Waals surface area contributed by atoms with Gasteiger partial charge in [0.05, 0.1) is 4.88 Å². The van der Waals surface area contributed by atoms with Gasteiger partial charge in [0, 0.05) is 6.54 Å². The normalized spacial score (nSPS) is 9.42. The van der Waals surface area contributed by atoms with Crippen molar-refractivity contribution in [3.63, 3.8) is 0 Å². The van der Waals surface area contributed by atoms with Crippen LogP contribution in [0.25, 0.3) is 0 Å². The Bertz CT molecular complexity index is 277. The van der Waals surface area contributed by atoms with Crippen LogP contribution in [0.15, 0.2) is 29.7 Å². The first-order valence-corrected chi connectivity index (χ1v) is 4.54. The van der Waals surface area contributed by atoms with E-state index in [1.165, 1.54) is 11.3 Å². The van der Waals surface area contributed by atoms with Gasteiger partial charge < -0.3 is 5.32 Å². The van der Waals surface area contributed by atoms with Gasteiger partial charge in [-0.15, -0.1) is 11.3 Å². The smallest absolute Gasteiger partial charge is 0.261 e. The van der Waals surface area contributed by atoms with E-state index < -0.39 is 0 Å². The van der Waals surface area contributed by atoms with E-state index in [9.17, 15) is 4.79 Å². The minimum Gasteiger partial charge on any atom is -0.348 e. The molecule has 0 atom stereocenters. The third-order valence-electron chi connectivity index (χ3n) is 1.30. The summed E-state index contributed by atoms with van der Waals surface area (Å²) in [4.78, 5) is 12.0. The molecule has 1 rings (SSSR count). The standard InChI is InChI=1S/C9H11NOS/c1-7(2)6-10-9(11)8-4-3-5-12-8/h3-5H,1,6H2,2H3,(H,10,11). The molecule has 0 aliphatic rings. The van der Waals surface area contributed by atoms with E-state index in [2.05, 4.69) is 11.9 Å². The van der Waals surface area contributed by atoms with Crippen LogP contribution >= 0.6 is 11.3 Å². The molecule has 1 N–H and O–H groups in total. The van der Waals surface area contributed by atoms with E-state index in [0.29, 0.717) is 6.54 Å². The number of rotatable bonds is 3. The molecule has 1 amide bonds. The summed E-state index contributed by atoms with van der Waals surface area (Å²) < 4.78 is 0. The highest BCUT2D eigenvalue weighted by Crippen LogP contribution is 2.07. The van der Waals surface area contributed by atoms with Crippen LogP contribution in [-0.2, 0) is 0 Å². The Hall–Kier alpha value is -1.09. The van der Waals surface area contributed by atoms with Crippen molar-refractivity contribution in [2.24, 2.45) is 0 Å². The zero-order valence-corrected chi connectivity index (χ0v) is 7.78. The second-order valence-electron chi connectivity index (χ2n) is 2.62. The maximum absolute atomic E-state index is 11.3. The molecule has 2 nitrogen and oxygen atoms in total. The van der Waals surface area contributed by atoms with Crippen molar-refractivity contribution in [2.45, 2.75) is 6.92 Å². The lowest BCUT2D eigenvalue weighted by Gasteiger charge is -2.01. The molecule has 0 bridgehead atoms. The molecule has 12 heavy (non-hydrogen) atoms. The largest absolute Gasteiger partial charge is 0.348 e. The van der Waals surface area contributed by atoms with Crippen molar-refractivity contribution in [1.82, 2.24) is 5.32 Å². The molecule has 0 saturated carbocycles. The summed E-state index contributed by atoms with van der Waals surface area (Å²) in [6.45, 7) is 6.13. The Morgan fingerprint density at radius 2 is 2.50 bits per heavy atom. The van der Waals surface area contributed by atoms with Crippen LogP contribution in [0.2, 0.25) is 0 Å². The molecule has 1 aromatic heterocycles. The Morgan fingerprint density at radius 3 is 3.00 bits per heavy atom. The van der Waals surface area contributed by atoms with Gasteiger partial charge in [0.1, 0.15) is 0 Å². The van der Waals surface area contributed by atoms with E-state index in [1.54, 1.807) is 6.07 Å². The number of hydrogen-bond acceptors (Lipinski definition) is 2. The molecule has 0 radical (unpaired) electrons. The SMILES string of the molecule is C=C(C)CNC(=O)c1cccs1. The number of thiophene rings is 1. The first-order valence-electron chi connectivity index (χ1n) is 3.66. The fourth-order valence-corrected chi connectivity index (χ4v) is 1.37. The molecule has 0 aliphatic carbocycles. The quantitative estimate of drug-likeness (QED) is 0.710. The van der Waals surface area contributed by atoms with Gasteiger partial charge in [-0.2, -0.15) is 0 Å². The first kappa shape index (κ1) is 9.00. The van der Waals surface area contributed by atoms with Crippen LogP contribution < -0.4 is 5.32 Å². The van der Waals surface area contributed by atoms with Crippen molar-refractivity contribution in [3.05, 3.63) is 34.5 Å². The van der Waals surface area contributed by atoms with Gasteiger partial charge in [-0.3, -0.25) is 4.79 Å². The second-order valence-corrected chi connectivity index (χ2v) is 3.56. The predicted molar refractivity (Wildman–Crippen MR) is 51.5 cm³/mol. The topological polar surface area (TPSA) is 29.1 Å². The molecule has 0 aromatic carbocycles. The first-order chi connectivity index (χ1) is 5.70. The summed E-state index contributed by atoms with van der Waals surface area (Å²) in [6, 6.07) is 3.67. The number of nitrogens with one attached hydrogen (secondary N) is 1. The molecule has 0 spiro atoms. The molecule has 0 saturated heterocycles. The second kappa shape index (κ2) is 4.07. The van der Waals surface area contributed by atoms with Gasteiger partial charge in [-0.05, 0) is 18.4 Å². The van der Waals surface area contributed by atoms with E-state index in [1.807, 2.05) is 18.4 Å². The van der Waals surface area contributed by atoms with E-state index >= 15 is 0 Å². The fourth-order valence-electron chi connectivity index (χ4n) is 0.726. The van der Waals surface area contributed by atoms with Crippen LogP contribution in [0.5, 0.6) is 0 Å². The minimum absolute atomic E-state index is 0.0204. The van der Waals surface area contributed by atoms with Crippen molar-refractivity contribution < 1.29 is 4.79 Å². The summed E-state index contributed by atoms with van der Waals surface area (Å²) in [5, 5.41) is 4.64. The summed E-state index contributed by atoms with van der Waals surface area (Å²) in [5.74, 6) is -0.0204. The van der Waals surface area contributed by atoms with Crippen molar-refractivity contribution in [1.29, 1.82) is 0 Å². The molecular formula is C9H11NOS. The minimum atomic E-state index is -0.0204. The lowest BCUT2D eigenvalue weighted by atomic mass is 10.3. The van der Waals surface area contributed by atoms with Gasteiger partial charge in [0.15, 0.2) is 0 Å². The summed E-state index contributed by atoms with van der Waals surface area (Å²) in [6.07, 6.45) is 0. The molecule has 3 heteroatoms. The van der Waals surface area contributed by atoms with Gasteiger partial charge in [-0.1, -0.05) is 18.2 Å². The number of carbonyl (C=O) groups is 1. The maximum atomic E-state index is 11.3. The van der Waals surface area contributed by atoms with Gasteiger partial charge in [-0.25, -0.2) is 0 Å². The molecule has 0 unspecified atom stereocenters. The van der Waals surface area contributed by atoms with Crippen LogP contribution in [0.1, 0.15) is 16.6 Å². The van der Waals surface area contributed by atoms with Gasteiger partial charge in [0.25, 0.3) is 5.91 Å². The van der Waals surface area contributed by atoms with E-state index in [-0.39, 0.29) is 5.91 Å². The number of hydrogen-bond donors (Lipinski definition) is 1. The molecule has 64 valence electrons. The summed E-state index contributed by atoms with van der Waals surface area (Å²) >= 11 is 1.44. The van der Waals surface area contributed by atoms with E-state index in [0.717, 1.165) is 10.5 Å². The van der Waals surface area contributed by atoms with Crippen molar-refractivity contribution in [3.8, 4) is 0 Å². The van der Waals surface area contributed by atoms with Crippen LogP contribution in [-0.4, -0.2) is 12.5 Å². The lowest BCUT2D eigenvalue weighted by Crippen LogP contribution is -2.23. The average Bonchev–Trinajstić information content (AvgIpc) is 2.51. The third kappa shape index (κ3) is 2.51. The number of amides is 1. The van der Waals surface area contributed by atoms with Crippen molar-refractivity contribution in [2.75, 3.05) is 6.54 Å². The van der Waals surface area contributed by atoms with Crippen molar-refractivity contribution >= 4 is 17.2 Å². The highest BCUT2D eigenvalue weighted by Gasteiger charge is 2.03. The third-order valence-corrected chi connectivity index (χ3v) is 2.16. The molecular weight excluding hydrogens is 170 g/mol. The Kier molecular flexibility index (Phi) is 3.05. The molecule has 0 aliphatic heterocycles. The fraction of sp³-hybridized carbons (Fsp3) is 0.222. The monoisotopic (exact) mass is 181 g/mol. The lowest BCUT2D eigenvalue weighted by molar-refractivity contribution is 0.0961.